The Bertz CT molecular complexity index is 567. The molecule has 5 nitrogen and oxygen atoms in total. The molecule has 0 aliphatic carbocycles. The van der Waals surface area contributed by atoms with Gasteiger partial charge in [-0.05, 0) is 35.9 Å². The Morgan fingerprint density at radius 1 is 1.00 bits per heavy atom. The zero-order valence-electron chi connectivity index (χ0n) is 8.78. The summed E-state index contributed by atoms with van der Waals surface area (Å²) >= 11 is 0. The van der Waals surface area contributed by atoms with Crippen molar-refractivity contribution in [2.45, 2.75) is 0 Å². The van der Waals surface area contributed by atoms with E-state index in [0.717, 1.165) is 0 Å². The first-order valence-corrected chi connectivity index (χ1v) is 4.87. The second kappa shape index (κ2) is 4.52. The highest BCUT2D eigenvalue weighted by molar-refractivity contribution is 5.83. The second-order valence-corrected chi connectivity index (χ2v) is 3.35. The van der Waals surface area contributed by atoms with Crippen LogP contribution < -0.4 is 0 Å². The highest BCUT2D eigenvalue weighted by Crippen LogP contribution is 2.25. The molecule has 1 aromatic heterocycles. The zero-order chi connectivity index (χ0) is 12.3. The third-order valence-electron chi connectivity index (χ3n) is 2.10. The van der Waals surface area contributed by atoms with Crippen molar-refractivity contribution in [1.82, 2.24) is 4.98 Å². The first-order chi connectivity index (χ1) is 8.16. The van der Waals surface area contributed by atoms with E-state index in [4.69, 9.17) is 5.11 Å². The fourth-order valence-corrected chi connectivity index (χ4v) is 1.24. The predicted molar refractivity (Wildman–Crippen MR) is 62.9 cm³/mol. The summed E-state index contributed by atoms with van der Waals surface area (Å²) in [6, 6.07) is 7.38. The molecule has 0 bridgehead atoms. The topological polar surface area (TPSA) is 85.9 Å². The standard InChI is InChI=1S/C12H10N2O3/c15-9-4-3-8(6-11(9)17)7-14-12-10(16)2-1-5-13-12/h1-7,15-17H/b14-7+. The van der Waals surface area contributed by atoms with Gasteiger partial charge in [-0.1, -0.05) is 0 Å². The number of hydrogen-bond acceptors (Lipinski definition) is 5. The van der Waals surface area contributed by atoms with Crippen molar-refractivity contribution in [3.8, 4) is 17.2 Å². The van der Waals surface area contributed by atoms with Crippen LogP contribution in [-0.4, -0.2) is 26.5 Å². The van der Waals surface area contributed by atoms with Gasteiger partial charge in [0, 0.05) is 12.4 Å². The smallest absolute Gasteiger partial charge is 0.194 e. The first-order valence-electron chi connectivity index (χ1n) is 4.87. The molecule has 0 unspecified atom stereocenters. The van der Waals surface area contributed by atoms with E-state index in [0.29, 0.717) is 5.56 Å². The van der Waals surface area contributed by atoms with Crippen molar-refractivity contribution in [1.29, 1.82) is 0 Å². The zero-order valence-corrected chi connectivity index (χ0v) is 8.78. The minimum absolute atomic E-state index is 0.0215. The van der Waals surface area contributed by atoms with Crippen LogP contribution >= 0.6 is 0 Å². The van der Waals surface area contributed by atoms with Gasteiger partial charge in [0.1, 0.15) is 0 Å². The summed E-state index contributed by atoms with van der Waals surface area (Å²) in [4.78, 5) is 7.84. The number of pyridine rings is 1. The molecule has 86 valence electrons. The minimum Gasteiger partial charge on any atom is -0.504 e. The molecule has 0 saturated heterocycles. The SMILES string of the molecule is Oc1ccc(/C=N/c2ncccc2O)cc1O. The van der Waals surface area contributed by atoms with Crippen LogP contribution in [0.15, 0.2) is 41.5 Å². The normalized spacial score (nSPS) is 10.8. The Hall–Kier alpha value is -2.56. The van der Waals surface area contributed by atoms with Crippen LogP contribution in [0.25, 0.3) is 0 Å². The van der Waals surface area contributed by atoms with Crippen LogP contribution in [0.5, 0.6) is 17.2 Å². The summed E-state index contributed by atoms with van der Waals surface area (Å²) in [7, 11) is 0. The van der Waals surface area contributed by atoms with Crippen molar-refractivity contribution >= 4 is 12.0 Å². The van der Waals surface area contributed by atoms with Crippen LogP contribution in [0.3, 0.4) is 0 Å². The number of phenolic OH excluding ortho intramolecular Hbond substituents is 2. The summed E-state index contributed by atoms with van der Waals surface area (Å²) < 4.78 is 0. The Morgan fingerprint density at radius 3 is 2.53 bits per heavy atom. The van der Waals surface area contributed by atoms with Crippen LogP contribution in [0.2, 0.25) is 0 Å². The fourth-order valence-electron chi connectivity index (χ4n) is 1.24. The number of aromatic nitrogens is 1. The Kier molecular flexibility index (Phi) is 2.91. The van der Waals surface area contributed by atoms with Crippen LogP contribution in [0, 0.1) is 0 Å². The van der Waals surface area contributed by atoms with Gasteiger partial charge in [-0.2, -0.15) is 0 Å². The molecule has 2 aromatic rings. The van der Waals surface area contributed by atoms with Crippen molar-refractivity contribution in [2.75, 3.05) is 0 Å². The van der Waals surface area contributed by atoms with E-state index in [9.17, 15) is 10.2 Å². The molecular weight excluding hydrogens is 220 g/mol. The molecule has 5 heteroatoms. The predicted octanol–water partition coefficient (Wildman–Crippen LogP) is 1.95. The fraction of sp³-hybridized carbons (Fsp3) is 0. The lowest BCUT2D eigenvalue weighted by molar-refractivity contribution is 0.403. The first kappa shape index (κ1) is 10.9. The summed E-state index contributed by atoms with van der Waals surface area (Å²) in [5.74, 6) is -0.242. The largest absolute Gasteiger partial charge is 0.504 e. The minimum atomic E-state index is -0.223. The molecule has 0 saturated carbocycles. The van der Waals surface area contributed by atoms with E-state index in [2.05, 4.69) is 9.98 Å². The van der Waals surface area contributed by atoms with Crippen molar-refractivity contribution in [3.05, 3.63) is 42.1 Å². The van der Waals surface area contributed by atoms with E-state index < -0.39 is 0 Å². The highest BCUT2D eigenvalue weighted by atomic mass is 16.3. The van der Waals surface area contributed by atoms with Gasteiger partial charge in [-0.15, -0.1) is 0 Å². The Balaban J connectivity index is 2.26. The number of phenols is 2. The maximum absolute atomic E-state index is 9.42. The van der Waals surface area contributed by atoms with Gasteiger partial charge in [0.2, 0.25) is 0 Å². The number of rotatable bonds is 2. The molecule has 0 amide bonds. The van der Waals surface area contributed by atoms with Gasteiger partial charge in [0.15, 0.2) is 23.1 Å². The van der Waals surface area contributed by atoms with Crippen LogP contribution in [0.4, 0.5) is 5.82 Å². The van der Waals surface area contributed by atoms with Gasteiger partial charge < -0.3 is 15.3 Å². The lowest BCUT2D eigenvalue weighted by Gasteiger charge is -1.99. The van der Waals surface area contributed by atoms with Crippen LogP contribution in [0.1, 0.15) is 5.56 Å². The summed E-state index contributed by atoms with van der Waals surface area (Å²) in [5.41, 5.74) is 0.588. The molecule has 0 radical (unpaired) electrons. The van der Waals surface area contributed by atoms with Gasteiger partial charge in [0.05, 0.1) is 0 Å². The monoisotopic (exact) mass is 230 g/mol. The highest BCUT2D eigenvalue weighted by Gasteiger charge is 2.00. The molecular formula is C12H10N2O3. The van der Waals surface area contributed by atoms with E-state index in [1.165, 1.54) is 30.6 Å². The third kappa shape index (κ3) is 2.52. The second-order valence-electron chi connectivity index (χ2n) is 3.35. The maximum Gasteiger partial charge on any atom is 0.194 e. The number of hydrogen-bond donors (Lipinski definition) is 3. The van der Waals surface area contributed by atoms with Gasteiger partial charge in [0.25, 0.3) is 0 Å². The van der Waals surface area contributed by atoms with Gasteiger partial charge in [-0.3, -0.25) is 0 Å². The van der Waals surface area contributed by atoms with Gasteiger partial charge in [-0.25, -0.2) is 9.98 Å². The van der Waals surface area contributed by atoms with Crippen molar-refractivity contribution < 1.29 is 15.3 Å². The summed E-state index contributed by atoms with van der Waals surface area (Å²) in [6.45, 7) is 0. The average molecular weight is 230 g/mol. The Morgan fingerprint density at radius 2 is 1.82 bits per heavy atom. The number of aromatic hydroxyl groups is 3. The molecule has 3 N–H and O–H groups in total. The average Bonchev–Trinajstić information content (AvgIpc) is 2.32. The number of benzene rings is 1. The third-order valence-corrected chi connectivity index (χ3v) is 2.10. The molecule has 1 heterocycles. The quantitative estimate of drug-likeness (QED) is 0.543. The molecule has 0 aliphatic rings. The number of aliphatic imine (C=N–C) groups is 1. The van der Waals surface area contributed by atoms with Gasteiger partial charge >= 0.3 is 0 Å². The molecule has 0 fully saturated rings. The molecule has 1 aromatic carbocycles. The van der Waals surface area contributed by atoms with Crippen molar-refractivity contribution in [3.63, 3.8) is 0 Å². The van der Waals surface area contributed by atoms with Crippen molar-refractivity contribution in [2.24, 2.45) is 4.99 Å². The van der Waals surface area contributed by atoms with E-state index in [-0.39, 0.29) is 23.1 Å². The van der Waals surface area contributed by atoms with E-state index in [1.807, 2.05) is 0 Å². The summed E-state index contributed by atoms with van der Waals surface area (Å²) in [5, 5.41) is 27.8. The molecule has 0 aliphatic heterocycles. The number of nitrogens with zero attached hydrogens (tertiary/aromatic N) is 2. The molecule has 0 atom stereocenters. The lowest BCUT2D eigenvalue weighted by Crippen LogP contribution is -1.81. The lowest BCUT2D eigenvalue weighted by atomic mass is 10.2. The van der Waals surface area contributed by atoms with Crippen LogP contribution in [-0.2, 0) is 0 Å². The molecule has 0 spiro atoms. The summed E-state index contributed by atoms with van der Waals surface area (Å²) in [6.07, 6.45) is 2.95. The maximum atomic E-state index is 9.42. The van der Waals surface area contributed by atoms with E-state index in [1.54, 1.807) is 12.1 Å². The molecule has 17 heavy (non-hydrogen) atoms. The van der Waals surface area contributed by atoms with E-state index >= 15 is 0 Å². The Labute approximate surface area is 97.4 Å². The molecule has 2 rings (SSSR count).